The van der Waals surface area contributed by atoms with E-state index in [1.165, 1.54) is 6.07 Å². The Morgan fingerprint density at radius 1 is 1.12 bits per heavy atom. The van der Waals surface area contributed by atoms with Crippen LogP contribution < -0.4 is 4.72 Å². The summed E-state index contributed by atoms with van der Waals surface area (Å²) < 4.78 is 40.5. The molecule has 1 saturated heterocycles. The first-order valence-corrected chi connectivity index (χ1v) is 10.1. The molecule has 0 aromatic heterocycles. The van der Waals surface area contributed by atoms with Crippen LogP contribution in [0.5, 0.6) is 0 Å². The highest BCUT2D eigenvalue weighted by atomic mass is 32.2. The summed E-state index contributed by atoms with van der Waals surface area (Å²) in [5, 5.41) is 0. The maximum atomic E-state index is 13.3. The van der Waals surface area contributed by atoms with Crippen LogP contribution in [0.2, 0.25) is 0 Å². The van der Waals surface area contributed by atoms with Crippen LogP contribution in [0.25, 0.3) is 0 Å². The van der Waals surface area contributed by atoms with Crippen molar-refractivity contribution in [2.75, 3.05) is 19.6 Å². The van der Waals surface area contributed by atoms with Gasteiger partial charge in [0.2, 0.25) is 10.0 Å². The molecule has 1 heterocycles. The summed E-state index contributed by atoms with van der Waals surface area (Å²) in [5.74, 6) is -0.210. The molecule has 0 spiro atoms. The maximum absolute atomic E-state index is 13.3. The molecule has 1 aliphatic heterocycles. The fourth-order valence-electron chi connectivity index (χ4n) is 3.36. The number of halogens is 1. The third-order valence-electron chi connectivity index (χ3n) is 4.60. The highest BCUT2D eigenvalue weighted by Gasteiger charge is 2.25. The summed E-state index contributed by atoms with van der Waals surface area (Å²) in [6, 6.07) is 15.4. The highest BCUT2D eigenvalue weighted by Crippen LogP contribution is 2.21. The SMILES string of the molecule is O=S(=O)(NCCN1CCC[C@H]1Cc1cccc(F)c1)c1ccccc1. The van der Waals surface area contributed by atoms with Gasteiger partial charge in [-0.05, 0) is 55.6 Å². The Bertz CT molecular complexity index is 796. The lowest BCUT2D eigenvalue weighted by Crippen LogP contribution is -2.38. The van der Waals surface area contributed by atoms with Gasteiger partial charge in [-0.2, -0.15) is 0 Å². The molecule has 1 fully saturated rings. The van der Waals surface area contributed by atoms with Gasteiger partial charge in [0, 0.05) is 19.1 Å². The molecular formula is C19H23FN2O2S. The molecule has 0 saturated carbocycles. The molecule has 2 aromatic rings. The normalized spacial score (nSPS) is 18.5. The minimum Gasteiger partial charge on any atom is -0.299 e. The summed E-state index contributed by atoms with van der Waals surface area (Å²) in [7, 11) is -3.46. The number of hydrogen-bond acceptors (Lipinski definition) is 3. The second-order valence-electron chi connectivity index (χ2n) is 6.38. The van der Waals surface area contributed by atoms with Crippen LogP contribution in [0.15, 0.2) is 59.5 Å². The summed E-state index contributed by atoms with van der Waals surface area (Å²) in [4.78, 5) is 2.58. The van der Waals surface area contributed by atoms with E-state index in [1.807, 2.05) is 6.07 Å². The first kappa shape index (κ1) is 18.0. The number of hydrogen-bond donors (Lipinski definition) is 1. The van der Waals surface area contributed by atoms with E-state index >= 15 is 0 Å². The smallest absolute Gasteiger partial charge is 0.240 e. The second kappa shape index (κ2) is 8.08. The number of sulfonamides is 1. The average Bonchev–Trinajstić information content (AvgIpc) is 3.03. The van der Waals surface area contributed by atoms with Crippen LogP contribution in [0, 0.1) is 5.82 Å². The summed E-state index contributed by atoms with van der Waals surface area (Å²) in [5.41, 5.74) is 0.988. The van der Waals surface area contributed by atoms with E-state index in [0.717, 1.165) is 31.4 Å². The van der Waals surface area contributed by atoms with E-state index in [2.05, 4.69) is 9.62 Å². The van der Waals surface area contributed by atoms with E-state index in [4.69, 9.17) is 0 Å². The van der Waals surface area contributed by atoms with Gasteiger partial charge in [0.15, 0.2) is 0 Å². The Balaban J connectivity index is 1.54. The largest absolute Gasteiger partial charge is 0.299 e. The molecule has 0 amide bonds. The third-order valence-corrected chi connectivity index (χ3v) is 6.08. The first-order chi connectivity index (χ1) is 12.0. The Morgan fingerprint density at radius 2 is 1.92 bits per heavy atom. The van der Waals surface area contributed by atoms with E-state index in [9.17, 15) is 12.8 Å². The minimum atomic E-state index is -3.46. The van der Waals surface area contributed by atoms with E-state index in [1.54, 1.807) is 42.5 Å². The standard InChI is InChI=1S/C19H23FN2O2S/c20-17-7-4-6-16(14-17)15-18-8-5-12-22(18)13-11-21-25(23,24)19-9-2-1-3-10-19/h1-4,6-7,9-10,14,18,21H,5,8,11-13,15H2/t18-/m0/s1. The van der Waals surface area contributed by atoms with Crippen LogP contribution in [0.1, 0.15) is 18.4 Å². The first-order valence-electron chi connectivity index (χ1n) is 8.58. The summed E-state index contributed by atoms with van der Waals surface area (Å²) in [6.07, 6.45) is 2.94. The van der Waals surface area contributed by atoms with Crippen LogP contribution in [-0.2, 0) is 16.4 Å². The highest BCUT2D eigenvalue weighted by molar-refractivity contribution is 7.89. The van der Waals surface area contributed by atoms with Crippen LogP contribution in [0.4, 0.5) is 4.39 Å². The zero-order chi connectivity index (χ0) is 17.7. The fourth-order valence-corrected chi connectivity index (χ4v) is 4.41. The Morgan fingerprint density at radius 3 is 2.68 bits per heavy atom. The van der Waals surface area contributed by atoms with Gasteiger partial charge in [-0.15, -0.1) is 0 Å². The monoisotopic (exact) mass is 362 g/mol. The van der Waals surface area contributed by atoms with Gasteiger partial charge in [-0.1, -0.05) is 30.3 Å². The minimum absolute atomic E-state index is 0.210. The lowest BCUT2D eigenvalue weighted by molar-refractivity contribution is 0.256. The quantitative estimate of drug-likeness (QED) is 0.824. The Hall–Kier alpha value is -1.76. The van der Waals surface area contributed by atoms with Gasteiger partial charge in [0.05, 0.1) is 4.90 Å². The molecule has 4 nitrogen and oxygen atoms in total. The van der Waals surface area contributed by atoms with Crippen molar-refractivity contribution in [1.82, 2.24) is 9.62 Å². The predicted molar refractivity (Wildman–Crippen MR) is 96.3 cm³/mol. The van der Waals surface area contributed by atoms with Crippen molar-refractivity contribution in [2.45, 2.75) is 30.2 Å². The van der Waals surface area contributed by atoms with Crippen LogP contribution in [-0.4, -0.2) is 39.0 Å². The van der Waals surface area contributed by atoms with Crippen molar-refractivity contribution in [3.8, 4) is 0 Å². The molecule has 134 valence electrons. The van der Waals surface area contributed by atoms with E-state index < -0.39 is 10.0 Å². The molecule has 6 heteroatoms. The topological polar surface area (TPSA) is 49.4 Å². The van der Waals surface area contributed by atoms with Gasteiger partial charge in [0.25, 0.3) is 0 Å². The second-order valence-corrected chi connectivity index (χ2v) is 8.14. The van der Waals surface area contributed by atoms with Crippen molar-refractivity contribution in [3.63, 3.8) is 0 Å². The molecule has 2 aromatic carbocycles. The zero-order valence-corrected chi connectivity index (χ0v) is 14.9. The van der Waals surface area contributed by atoms with E-state index in [-0.39, 0.29) is 10.7 Å². The lowest BCUT2D eigenvalue weighted by atomic mass is 10.0. The molecule has 0 bridgehead atoms. The third kappa shape index (κ3) is 4.87. The van der Waals surface area contributed by atoms with Crippen molar-refractivity contribution < 1.29 is 12.8 Å². The number of rotatable bonds is 7. The van der Waals surface area contributed by atoms with E-state index in [0.29, 0.717) is 19.1 Å². The van der Waals surface area contributed by atoms with Gasteiger partial charge in [0.1, 0.15) is 5.82 Å². The number of nitrogens with zero attached hydrogens (tertiary/aromatic N) is 1. The van der Waals surface area contributed by atoms with Crippen LogP contribution in [0.3, 0.4) is 0 Å². The molecule has 3 rings (SSSR count). The van der Waals surface area contributed by atoms with Gasteiger partial charge in [-0.25, -0.2) is 17.5 Å². The fraction of sp³-hybridized carbons (Fsp3) is 0.368. The predicted octanol–water partition coefficient (Wildman–Crippen LogP) is 2.81. The van der Waals surface area contributed by atoms with Gasteiger partial charge >= 0.3 is 0 Å². The van der Waals surface area contributed by atoms with Crippen molar-refractivity contribution in [1.29, 1.82) is 0 Å². The molecule has 0 aliphatic carbocycles. The van der Waals surface area contributed by atoms with Crippen molar-refractivity contribution >= 4 is 10.0 Å². The molecule has 0 unspecified atom stereocenters. The van der Waals surface area contributed by atoms with Gasteiger partial charge in [-0.3, -0.25) is 4.90 Å². The molecule has 1 aliphatic rings. The lowest BCUT2D eigenvalue weighted by Gasteiger charge is -2.24. The molecule has 1 N–H and O–H groups in total. The van der Waals surface area contributed by atoms with Gasteiger partial charge < -0.3 is 0 Å². The number of likely N-dealkylation sites (tertiary alicyclic amines) is 1. The zero-order valence-electron chi connectivity index (χ0n) is 14.1. The molecule has 0 radical (unpaired) electrons. The van der Waals surface area contributed by atoms with Crippen LogP contribution >= 0.6 is 0 Å². The molecular weight excluding hydrogens is 339 g/mol. The Kier molecular flexibility index (Phi) is 5.83. The summed E-state index contributed by atoms with van der Waals surface area (Å²) >= 11 is 0. The van der Waals surface area contributed by atoms with Crippen molar-refractivity contribution in [2.24, 2.45) is 0 Å². The number of benzene rings is 2. The average molecular weight is 362 g/mol. The van der Waals surface area contributed by atoms with Crippen molar-refractivity contribution in [3.05, 3.63) is 66.0 Å². The Labute approximate surface area is 148 Å². The number of nitrogens with one attached hydrogen (secondary N) is 1. The maximum Gasteiger partial charge on any atom is 0.240 e. The molecule has 1 atom stereocenters. The summed E-state index contributed by atoms with van der Waals surface area (Å²) in [6.45, 7) is 1.98. The molecule has 25 heavy (non-hydrogen) atoms.